The van der Waals surface area contributed by atoms with Gasteiger partial charge < -0.3 is 14.9 Å². The maximum absolute atomic E-state index is 12.6. The molecule has 0 saturated carbocycles. The molecule has 0 aliphatic carbocycles. The van der Waals surface area contributed by atoms with Crippen LogP contribution in [0.5, 0.6) is 17.2 Å². The topological polar surface area (TPSA) is 79.1 Å². The normalized spacial score (nSPS) is 11.4. The van der Waals surface area contributed by atoms with Gasteiger partial charge in [0, 0.05) is 23.4 Å². The highest BCUT2D eigenvalue weighted by atomic mass is 16.5. The Kier molecular flexibility index (Phi) is 12.8. The van der Waals surface area contributed by atoms with Crippen molar-refractivity contribution in [1.82, 2.24) is 0 Å². The summed E-state index contributed by atoms with van der Waals surface area (Å²) < 4.78 is 5.87. The molecule has 0 unspecified atom stereocenters. The largest absolute Gasteiger partial charge is 0.508 e. The smallest absolute Gasteiger partial charge is 0.185 e. The molecule has 0 aliphatic heterocycles. The van der Waals surface area contributed by atoms with Crippen molar-refractivity contribution >= 4 is 23.8 Å². The van der Waals surface area contributed by atoms with Crippen molar-refractivity contribution < 1.29 is 19.7 Å². The zero-order valence-electron chi connectivity index (χ0n) is 23.0. The predicted octanol–water partition coefficient (Wildman–Crippen LogP) is 9.04. The van der Waals surface area contributed by atoms with Crippen molar-refractivity contribution in [3.8, 4) is 17.2 Å². The monoisotopic (exact) mass is 527 g/mol. The van der Waals surface area contributed by atoms with Gasteiger partial charge in [-0.15, -0.1) is 0 Å². The van der Waals surface area contributed by atoms with E-state index >= 15 is 0 Å². The first-order chi connectivity index (χ1) is 19.0. The molecule has 0 amide bonds. The lowest BCUT2D eigenvalue weighted by atomic mass is 10.1. The van der Waals surface area contributed by atoms with Crippen molar-refractivity contribution in [3.05, 3.63) is 89.5 Å². The van der Waals surface area contributed by atoms with Crippen LogP contribution in [0.1, 0.15) is 92.6 Å². The van der Waals surface area contributed by atoms with Gasteiger partial charge in [-0.2, -0.15) is 0 Å². The van der Waals surface area contributed by atoms with E-state index in [0.717, 1.165) is 24.3 Å². The molecule has 3 aromatic carbocycles. The second-order valence-corrected chi connectivity index (χ2v) is 9.85. The number of carbonyl (C=O) groups is 1. The van der Waals surface area contributed by atoms with E-state index in [1.54, 1.807) is 42.5 Å². The molecule has 0 aliphatic rings. The molecule has 2 N–H and O–H groups in total. The minimum Gasteiger partial charge on any atom is -0.508 e. The molecule has 0 aromatic heterocycles. The summed E-state index contributed by atoms with van der Waals surface area (Å²) >= 11 is 0. The summed E-state index contributed by atoms with van der Waals surface area (Å²) in [6.45, 7) is 2.99. The summed E-state index contributed by atoms with van der Waals surface area (Å²) in [4.78, 5) is 16.9. The number of hydrogen-bond acceptors (Lipinski definition) is 5. The van der Waals surface area contributed by atoms with Gasteiger partial charge in [0.1, 0.15) is 17.2 Å². The Labute approximate surface area is 232 Å². The molecule has 0 heterocycles. The number of allylic oxidation sites excluding steroid dienone is 1. The van der Waals surface area contributed by atoms with Crippen LogP contribution in [0.3, 0.4) is 0 Å². The quantitative estimate of drug-likeness (QED) is 0.0794. The molecule has 5 heteroatoms. The molecule has 0 radical (unpaired) electrons. The second kappa shape index (κ2) is 16.9. The summed E-state index contributed by atoms with van der Waals surface area (Å²) in [6, 6.07) is 19.0. The number of ketones is 1. The van der Waals surface area contributed by atoms with Crippen molar-refractivity contribution in [1.29, 1.82) is 0 Å². The summed E-state index contributed by atoms with van der Waals surface area (Å²) in [7, 11) is 0. The zero-order chi connectivity index (χ0) is 27.7. The van der Waals surface area contributed by atoms with E-state index in [-0.39, 0.29) is 17.3 Å². The molecule has 0 spiro atoms. The van der Waals surface area contributed by atoms with Crippen LogP contribution in [0.15, 0.2) is 77.8 Å². The standard InChI is InChI=1S/C34H41NO4/c1-2-3-4-5-6-7-8-9-10-11-24-39-32-21-12-27(13-22-32)14-23-33(37)28-15-18-30(19-16-28)35-26-29-17-20-31(36)25-34(29)38/h12-23,25-26,36,38H,2-11,24H2,1H3/b23-14+,35-26?. The molecule has 39 heavy (non-hydrogen) atoms. The molecule has 3 aromatic rings. The minimum absolute atomic E-state index is 0.00978. The third-order valence-electron chi connectivity index (χ3n) is 6.59. The maximum atomic E-state index is 12.6. The zero-order valence-corrected chi connectivity index (χ0v) is 23.0. The van der Waals surface area contributed by atoms with Crippen molar-refractivity contribution in [2.24, 2.45) is 4.99 Å². The third kappa shape index (κ3) is 11.2. The summed E-state index contributed by atoms with van der Waals surface area (Å²) in [6.07, 6.45) is 18.0. The number of rotatable bonds is 17. The van der Waals surface area contributed by atoms with E-state index < -0.39 is 0 Å². The Hall–Kier alpha value is -3.86. The van der Waals surface area contributed by atoms with Crippen LogP contribution in [0.2, 0.25) is 0 Å². The van der Waals surface area contributed by atoms with Gasteiger partial charge in [-0.25, -0.2) is 0 Å². The molecule has 206 valence electrons. The highest BCUT2D eigenvalue weighted by Crippen LogP contribution is 2.22. The summed E-state index contributed by atoms with van der Waals surface area (Å²) in [5, 5.41) is 19.2. The van der Waals surface area contributed by atoms with E-state index in [4.69, 9.17) is 4.74 Å². The number of benzene rings is 3. The predicted molar refractivity (Wildman–Crippen MR) is 161 cm³/mol. The molecular weight excluding hydrogens is 486 g/mol. The van der Waals surface area contributed by atoms with Gasteiger partial charge >= 0.3 is 0 Å². The lowest BCUT2D eigenvalue weighted by molar-refractivity contribution is 0.104. The Morgan fingerprint density at radius 2 is 1.44 bits per heavy atom. The third-order valence-corrected chi connectivity index (χ3v) is 6.59. The van der Waals surface area contributed by atoms with Crippen molar-refractivity contribution in [2.75, 3.05) is 6.61 Å². The maximum Gasteiger partial charge on any atom is 0.185 e. The van der Waals surface area contributed by atoms with E-state index in [9.17, 15) is 15.0 Å². The van der Waals surface area contributed by atoms with Gasteiger partial charge in [-0.05, 0) is 66.6 Å². The summed E-state index contributed by atoms with van der Waals surface area (Å²) in [5.41, 5.74) is 2.64. The highest BCUT2D eigenvalue weighted by molar-refractivity contribution is 6.07. The number of unbranched alkanes of at least 4 members (excludes halogenated alkanes) is 9. The first-order valence-corrected chi connectivity index (χ1v) is 14.2. The minimum atomic E-state index is -0.0944. The summed E-state index contributed by atoms with van der Waals surface area (Å²) in [5.74, 6) is 0.697. The number of aromatic hydroxyl groups is 2. The molecule has 5 nitrogen and oxygen atoms in total. The molecule has 0 saturated heterocycles. The van der Waals surface area contributed by atoms with Crippen LogP contribution >= 0.6 is 0 Å². The van der Waals surface area contributed by atoms with Crippen LogP contribution < -0.4 is 4.74 Å². The lowest BCUT2D eigenvalue weighted by Crippen LogP contribution is -1.97. The van der Waals surface area contributed by atoms with Gasteiger partial charge in [0.2, 0.25) is 0 Å². The fourth-order valence-electron chi connectivity index (χ4n) is 4.22. The average molecular weight is 528 g/mol. The number of ether oxygens (including phenoxy) is 1. The van der Waals surface area contributed by atoms with E-state index in [1.165, 1.54) is 76.1 Å². The molecule has 0 atom stereocenters. The van der Waals surface area contributed by atoms with Gasteiger partial charge in [-0.3, -0.25) is 9.79 Å². The van der Waals surface area contributed by atoms with Crippen LogP contribution in [0.25, 0.3) is 6.08 Å². The van der Waals surface area contributed by atoms with Gasteiger partial charge in [0.15, 0.2) is 5.78 Å². The number of aliphatic imine (C=N–C) groups is 1. The molecular formula is C34H41NO4. The van der Waals surface area contributed by atoms with Crippen LogP contribution in [-0.4, -0.2) is 28.8 Å². The van der Waals surface area contributed by atoms with Crippen LogP contribution in [0, 0.1) is 0 Å². The first kappa shape index (κ1) is 29.7. The number of phenolic OH excluding ortho intramolecular Hbond substituents is 2. The highest BCUT2D eigenvalue weighted by Gasteiger charge is 2.03. The van der Waals surface area contributed by atoms with Crippen LogP contribution in [-0.2, 0) is 0 Å². The lowest BCUT2D eigenvalue weighted by Gasteiger charge is -2.06. The van der Waals surface area contributed by atoms with Crippen molar-refractivity contribution in [3.63, 3.8) is 0 Å². The Bertz CT molecular complexity index is 1200. The fraction of sp³-hybridized carbons (Fsp3) is 0.353. The Morgan fingerprint density at radius 3 is 2.08 bits per heavy atom. The SMILES string of the molecule is CCCCCCCCCCCCOc1ccc(/C=C/C(=O)c2ccc(N=Cc3ccc(O)cc3O)cc2)cc1. The molecule has 0 fully saturated rings. The van der Waals surface area contributed by atoms with Crippen molar-refractivity contribution in [2.45, 2.75) is 71.1 Å². The number of hydrogen-bond donors (Lipinski definition) is 2. The van der Waals surface area contributed by atoms with E-state index in [0.29, 0.717) is 16.8 Å². The first-order valence-electron chi connectivity index (χ1n) is 14.2. The van der Waals surface area contributed by atoms with Gasteiger partial charge in [0.05, 0.1) is 12.3 Å². The van der Waals surface area contributed by atoms with Gasteiger partial charge in [-0.1, -0.05) is 82.9 Å². The van der Waals surface area contributed by atoms with E-state index in [2.05, 4.69) is 11.9 Å². The molecule has 0 bridgehead atoms. The number of phenols is 2. The Balaban J connectivity index is 1.36. The number of nitrogens with zero attached hydrogens (tertiary/aromatic N) is 1. The number of carbonyl (C=O) groups excluding carboxylic acids is 1. The average Bonchev–Trinajstić information content (AvgIpc) is 2.95. The van der Waals surface area contributed by atoms with E-state index in [1.807, 2.05) is 24.3 Å². The second-order valence-electron chi connectivity index (χ2n) is 9.85. The Morgan fingerprint density at radius 1 is 0.795 bits per heavy atom. The van der Waals surface area contributed by atoms with Crippen LogP contribution in [0.4, 0.5) is 5.69 Å². The fourth-order valence-corrected chi connectivity index (χ4v) is 4.22. The molecule has 3 rings (SSSR count). The van der Waals surface area contributed by atoms with Gasteiger partial charge in [0.25, 0.3) is 0 Å².